The number of hydrogen-bond acceptors (Lipinski definition) is 3. The molecule has 2 rings (SSSR count). The zero-order valence-corrected chi connectivity index (χ0v) is 8.51. The lowest BCUT2D eigenvalue weighted by Crippen LogP contribution is -1.88. The summed E-state index contributed by atoms with van der Waals surface area (Å²) in [6, 6.07) is 3.80. The molecular formula is C10H9N3S. The van der Waals surface area contributed by atoms with Crippen molar-refractivity contribution in [1.82, 2.24) is 15.0 Å². The summed E-state index contributed by atoms with van der Waals surface area (Å²) in [5, 5.41) is 0. The highest BCUT2D eigenvalue weighted by Gasteiger charge is 1.98. The molecule has 0 atom stereocenters. The fourth-order valence-electron chi connectivity index (χ4n) is 1.21. The summed E-state index contributed by atoms with van der Waals surface area (Å²) in [7, 11) is 0. The first-order chi connectivity index (χ1) is 6.75. The average Bonchev–Trinajstić information content (AvgIpc) is 2.18. The quantitative estimate of drug-likeness (QED) is 0.724. The maximum absolute atomic E-state index is 5.03. The number of aromatic nitrogens is 3. The molecule has 0 aliphatic heterocycles. The van der Waals surface area contributed by atoms with E-state index in [1.165, 1.54) is 0 Å². The fraction of sp³-hybridized carbons (Fsp3) is 0.100. The monoisotopic (exact) mass is 203 g/mol. The Morgan fingerprint density at radius 1 is 1.36 bits per heavy atom. The zero-order valence-electron chi connectivity index (χ0n) is 7.69. The van der Waals surface area contributed by atoms with Gasteiger partial charge in [0.2, 0.25) is 0 Å². The molecule has 0 aliphatic rings. The number of nitrogens with one attached hydrogen (secondary N) is 1. The van der Waals surface area contributed by atoms with Crippen molar-refractivity contribution >= 4 is 12.2 Å². The number of pyridine rings is 1. The molecule has 0 amide bonds. The molecule has 1 N–H and O–H groups in total. The minimum absolute atomic E-state index is 0.700. The molecule has 0 fully saturated rings. The molecule has 0 saturated carbocycles. The van der Waals surface area contributed by atoms with Crippen LogP contribution in [0.3, 0.4) is 0 Å². The topological polar surface area (TPSA) is 41.6 Å². The van der Waals surface area contributed by atoms with Gasteiger partial charge < -0.3 is 4.98 Å². The molecule has 0 aliphatic carbocycles. The van der Waals surface area contributed by atoms with Crippen LogP contribution in [0.4, 0.5) is 0 Å². The highest BCUT2D eigenvalue weighted by atomic mass is 32.1. The van der Waals surface area contributed by atoms with E-state index in [9.17, 15) is 0 Å². The van der Waals surface area contributed by atoms with Crippen LogP contribution in [0.2, 0.25) is 0 Å². The third kappa shape index (κ3) is 1.85. The second-order valence-corrected chi connectivity index (χ2v) is 3.43. The van der Waals surface area contributed by atoms with E-state index in [-0.39, 0.29) is 0 Å². The van der Waals surface area contributed by atoms with Crippen molar-refractivity contribution in [2.75, 3.05) is 0 Å². The first-order valence-electron chi connectivity index (χ1n) is 4.23. The van der Waals surface area contributed by atoms with Gasteiger partial charge in [0.05, 0.1) is 17.6 Å². The Balaban J connectivity index is 2.55. The summed E-state index contributed by atoms with van der Waals surface area (Å²) >= 11 is 5.03. The van der Waals surface area contributed by atoms with Crippen molar-refractivity contribution in [3.8, 4) is 11.3 Å². The second-order valence-electron chi connectivity index (χ2n) is 2.99. The Kier molecular flexibility index (Phi) is 2.37. The van der Waals surface area contributed by atoms with Gasteiger partial charge in [-0.05, 0) is 19.1 Å². The van der Waals surface area contributed by atoms with E-state index in [0.29, 0.717) is 4.64 Å². The van der Waals surface area contributed by atoms with Crippen LogP contribution < -0.4 is 0 Å². The van der Waals surface area contributed by atoms with Gasteiger partial charge in [-0.3, -0.25) is 4.98 Å². The predicted octanol–water partition coefficient (Wildman–Crippen LogP) is 2.51. The summed E-state index contributed by atoms with van der Waals surface area (Å²) < 4.78 is 0.700. The maximum Gasteiger partial charge on any atom is 0.103 e. The van der Waals surface area contributed by atoms with Gasteiger partial charge in [-0.25, -0.2) is 4.98 Å². The van der Waals surface area contributed by atoms with Gasteiger partial charge in [-0.1, -0.05) is 12.2 Å². The number of nitrogens with zero attached hydrogens (tertiary/aromatic N) is 2. The summed E-state index contributed by atoms with van der Waals surface area (Å²) in [4.78, 5) is 11.4. The first kappa shape index (κ1) is 9.02. The van der Waals surface area contributed by atoms with Gasteiger partial charge in [0.1, 0.15) is 4.64 Å². The third-order valence-electron chi connectivity index (χ3n) is 1.83. The van der Waals surface area contributed by atoms with E-state index >= 15 is 0 Å². The normalized spacial score (nSPS) is 10.1. The summed E-state index contributed by atoms with van der Waals surface area (Å²) in [6.07, 6.45) is 5.27. The van der Waals surface area contributed by atoms with Crippen molar-refractivity contribution in [1.29, 1.82) is 0 Å². The van der Waals surface area contributed by atoms with E-state index in [0.717, 1.165) is 17.0 Å². The smallest absolute Gasteiger partial charge is 0.103 e. The van der Waals surface area contributed by atoms with Crippen LogP contribution in [0.15, 0.2) is 30.7 Å². The van der Waals surface area contributed by atoms with Gasteiger partial charge >= 0.3 is 0 Å². The van der Waals surface area contributed by atoms with Crippen molar-refractivity contribution in [3.63, 3.8) is 0 Å². The Bertz CT molecular complexity index is 504. The van der Waals surface area contributed by atoms with E-state index in [4.69, 9.17) is 12.2 Å². The number of aryl methyl sites for hydroxylation is 1. The van der Waals surface area contributed by atoms with Gasteiger partial charge in [0.25, 0.3) is 0 Å². The number of rotatable bonds is 1. The highest BCUT2D eigenvalue weighted by molar-refractivity contribution is 7.71. The van der Waals surface area contributed by atoms with Crippen molar-refractivity contribution < 1.29 is 0 Å². The van der Waals surface area contributed by atoms with Crippen LogP contribution in [-0.2, 0) is 0 Å². The van der Waals surface area contributed by atoms with Crippen LogP contribution in [0.1, 0.15) is 5.69 Å². The Morgan fingerprint density at radius 2 is 2.21 bits per heavy atom. The minimum atomic E-state index is 0.700. The van der Waals surface area contributed by atoms with E-state index in [1.807, 2.05) is 25.3 Å². The highest BCUT2D eigenvalue weighted by Crippen LogP contribution is 2.14. The molecule has 14 heavy (non-hydrogen) atoms. The molecule has 2 aromatic heterocycles. The molecule has 0 bridgehead atoms. The van der Waals surface area contributed by atoms with E-state index < -0.39 is 0 Å². The van der Waals surface area contributed by atoms with Crippen LogP contribution >= 0.6 is 12.2 Å². The summed E-state index contributed by atoms with van der Waals surface area (Å²) in [6.45, 7) is 1.92. The molecule has 0 unspecified atom stereocenters. The van der Waals surface area contributed by atoms with Gasteiger partial charge in [-0.15, -0.1) is 0 Å². The molecule has 0 spiro atoms. The Hall–Kier alpha value is -1.55. The molecule has 0 radical (unpaired) electrons. The van der Waals surface area contributed by atoms with Gasteiger partial charge in [0.15, 0.2) is 0 Å². The van der Waals surface area contributed by atoms with Gasteiger partial charge in [-0.2, -0.15) is 0 Å². The number of H-pyrrole nitrogens is 1. The molecule has 2 aromatic rings. The zero-order chi connectivity index (χ0) is 9.97. The van der Waals surface area contributed by atoms with Crippen LogP contribution in [0, 0.1) is 11.6 Å². The van der Waals surface area contributed by atoms with Crippen molar-refractivity contribution in [2.24, 2.45) is 0 Å². The molecular weight excluding hydrogens is 194 g/mol. The second kappa shape index (κ2) is 3.67. The van der Waals surface area contributed by atoms with Crippen LogP contribution in [-0.4, -0.2) is 15.0 Å². The molecule has 70 valence electrons. The minimum Gasteiger partial charge on any atom is -0.353 e. The lowest BCUT2D eigenvalue weighted by molar-refractivity contribution is 1.12. The van der Waals surface area contributed by atoms with Crippen LogP contribution in [0.25, 0.3) is 11.3 Å². The predicted molar refractivity (Wildman–Crippen MR) is 57.4 cm³/mol. The van der Waals surface area contributed by atoms with Crippen LogP contribution in [0.5, 0.6) is 0 Å². The Labute approximate surface area is 86.9 Å². The average molecular weight is 203 g/mol. The number of hydrogen-bond donors (Lipinski definition) is 1. The number of aromatic amines is 1. The molecule has 2 heterocycles. The molecule has 3 nitrogen and oxygen atoms in total. The van der Waals surface area contributed by atoms with Crippen molar-refractivity contribution in [3.05, 3.63) is 41.1 Å². The standard InChI is InChI=1S/C10H9N3S/c1-7-5-11-6-9(13-7)8-2-3-12-10(14)4-8/h2-6H,1H3,(H,12,14). The molecule has 0 aromatic carbocycles. The maximum atomic E-state index is 5.03. The summed E-state index contributed by atoms with van der Waals surface area (Å²) in [5.74, 6) is 0. The lowest BCUT2D eigenvalue weighted by atomic mass is 10.2. The largest absolute Gasteiger partial charge is 0.353 e. The molecule has 0 saturated heterocycles. The van der Waals surface area contributed by atoms with Gasteiger partial charge in [0, 0.05) is 18.0 Å². The lowest BCUT2D eigenvalue weighted by Gasteiger charge is -2.00. The van der Waals surface area contributed by atoms with Crippen molar-refractivity contribution in [2.45, 2.75) is 6.92 Å². The van der Waals surface area contributed by atoms with E-state index in [2.05, 4.69) is 15.0 Å². The van der Waals surface area contributed by atoms with E-state index in [1.54, 1.807) is 12.4 Å². The SMILES string of the molecule is Cc1cncc(-c2cc[nH]c(=S)c2)n1. The fourth-order valence-corrected chi connectivity index (χ4v) is 1.40. The Morgan fingerprint density at radius 3 is 2.93 bits per heavy atom. The molecule has 4 heteroatoms. The first-order valence-corrected chi connectivity index (χ1v) is 4.64. The third-order valence-corrected chi connectivity index (χ3v) is 2.06. The summed E-state index contributed by atoms with van der Waals surface area (Å²) in [5.41, 5.74) is 2.75.